The van der Waals surface area contributed by atoms with E-state index in [1.807, 2.05) is 12.1 Å². The molecule has 0 saturated heterocycles. The van der Waals surface area contributed by atoms with Crippen LogP contribution in [-0.2, 0) is 10.4 Å². The molecule has 0 bridgehead atoms. The van der Waals surface area contributed by atoms with Crippen molar-refractivity contribution in [1.29, 1.82) is 0 Å². The predicted molar refractivity (Wildman–Crippen MR) is 76.5 cm³/mol. The van der Waals surface area contributed by atoms with E-state index in [-0.39, 0.29) is 10.6 Å². The quantitative estimate of drug-likeness (QED) is 0.429. The number of hydrogen-bond donors (Lipinski definition) is 3. The molecule has 1 saturated carbocycles. The Morgan fingerprint density at radius 2 is 1.52 bits per heavy atom. The van der Waals surface area contributed by atoms with Crippen molar-refractivity contribution in [3.63, 3.8) is 0 Å². The molecule has 0 spiro atoms. The largest absolute Gasteiger partial charge is 0.394 e. The second kappa shape index (κ2) is 7.46. The summed E-state index contributed by atoms with van der Waals surface area (Å²) in [6.07, 6.45) is 4.31. The second-order valence-corrected chi connectivity index (χ2v) is 5.80. The van der Waals surface area contributed by atoms with Gasteiger partial charge in [0.05, 0.1) is 4.92 Å². The van der Waals surface area contributed by atoms with E-state index in [4.69, 9.17) is 23.3 Å². The van der Waals surface area contributed by atoms with E-state index in [1.54, 1.807) is 12.1 Å². The van der Waals surface area contributed by atoms with Gasteiger partial charge in [-0.2, -0.15) is 8.42 Å². The number of hydrogen-bond acceptors (Lipinski definition) is 5. The molecule has 0 unspecified atom stereocenters. The van der Waals surface area contributed by atoms with E-state index in [0.717, 1.165) is 25.7 Å². The summed E-state index contributed by atoms with van der Waals surface area (Å²) in [5.74, 6) is 0.528. The molecule has 1 aliphatic carbocycles. The van der Waals surface area contributed by atoms with Crippen LogP contribution in [0.1, 0.15) is 37.2 Å². The van der Waals surface area contributed by atoms with Crippen molar-refractivity contribution in [3.8, 4) is 0 Å². The first-order chi connectivity index (χ1) is 9.66. The Hall–Kier alpha value is -1.55. The predicted octanol–water partition coefficient (Wildman–Crippen LogP) is 1.93. The van der Waals surface area contributed by atoms with Crippen molar-refractivity contribution in [2.75, 3.05) is 0 Å². The molecule has 1 aliphatic rings. The fourth-order valence-electron chi connectivity index (χ4n) is 2.32. The summed E-state index contributed by atoms with van der Waals surface area (Å²) in [4.78, 5) is 10.2. The second-order valence-electron chi connectivity index (χ2n) is 4.91. The van der Waals surface area contributed by atoms with Crippen LogP contribution in [0, 0.1) is 10.1 Å². The number of benzene rings is 1. The first-order valence-electron chi connectivity index (χ1n) is 6.36. The van der Waals surface area contributed by atoms with Gasteiger partial charge in [-0.25, -0.2) is 0 Å². The lowest BCUT2D eigenvalue weighted by Gasteiger charge is -2.26. The molecule has 9 heteroatoms. The minimum atomic E-state index is -4.67. The number of nitro benzene ring substituents is 1. The molecular formula is C12H18N2O6S. The van der Waals surface area contributed by atoms with Gasteiger partial charge in [0.25, 0.3) is 5.69 Å². The molecule has 0 amide bonds. The van der Waals surface area contributed by atoms with Crippen molar-refractivity contribution < 1.29 is 22.4 Å². The lowest BCUT2D eigenvalue weighted by Crippen LogP contribution is -2.25. The van der Waals surface area contributed by atoms with Gasteiger partial charge >= 0.3 is 10.4 Å². The summed E-state index contributed by atoms with van der Waals surface area (Å²) in [6, 6.07) is 7.27. The molecule has 8 nitrogen and oxygen atoms in total. The van der Waals surface area contributed by atoms with Crippen molar-refractivity contribution in [2.24, 2.45) is 5.73 Å². The maximum absolute atomic E-state index is 10.5. The summed E-state index contributed by atoms with van der Waals surface area (Å²) >= 11 is 0. The highest BCUT2D eigenvalue weighted by atomic mass is 32.3. The third-order valence-electron chi connectivity index (χ3n) is 3.35. The Morgan fingerprint density at radius 1 is 1.10 bits per heavy atom. The fourth-order valence-corrected chi connectivity index (χ4v) is 2.32. The van der Waals surface area contributed by atoms with E-state index in [1.165, 1.54) is 5.56 Å². The minimum Gasteiger partial charge on any atom is -0.328 e. The topological polar surface area (TPSA) is 144 Å². The van der Waals surface area contributed by atoms with Gasteiger partial charge in [-0.15, -0.1) is 0 Å². The average molecular weight is 318 g/mol. The van der Waals surface area contributed by atoms with Gasteiger partial charge in [0, 0.05) is 18.2 Å². The van der Waals surface area contributed by atoms with Crippen molar-refractivity contribution in [3.05, 3.63) is 39.9 Å². The molecule has 4 N–H and O–H groups in total. The van der Waals surface area contributed by atoms with Crippen LogP contribution < -0.4 is 5.73 Å². The lowest BCUT2D eigenvalue weighted by molar-refractivity contribution is -0.384. The van der Waals surface area contributed by atoms with Gasteiger partial charge in [-0.1, -0.05) is 12.1 Å². The molecule has 21 heavy (non-hydrogen) atoms. The van der Waals surface area contributed by atoms with Gasteiger partial charge in [0.1, 0.15) is 0 Å². The van der Waals surface area contributed by atoms with Crippen LogP contribution in [0.25, 0.3) is 0 Å². The number of nitrogens with two attached hydrogens (primary N) is 1. The van der Waals surface area contributed by atoms with E-state index in [9.17, 15) is 10.1 Å². The maximum Gasteiger partial charge on any atom is 0.394 e. The zero-order chi connectivity index (χ0) is 16.0. The monoisotopic (exact) mass is 318 g/mol. The minimum absolute atomic E-state index is 0.163. The maximum atomic E-state index is 10.5. The van der Waals surface area contributed by atoms with Crippen LogP contribution >= 0.6 is 0 Å². The normalized spacial score (nSPS) is 22.0. The zero-order valence-electron chi connectivity index (χ0n) is 11.3. The van der Waals surface area contributed by atoms with Gasteiger partial charge in [0.2, 0.25) is 0 Å². The first-order valence-corrected chi connectivity index (χ1v) is 7.76. The van der Waals surface area contributed by atoms with Crippen LogP contribution in [0.5, 0.6) is 0 Å². The van der Waals surface area contributed by atoms with Crippen molar-refractivity contribution >= 4 is 16.1 Å². The molecule has 2 rings (SSSR count). The van der Waals surface area contributed by atoms with Gasteiger partial charge in [0.15, 0.2) is 0 Å². The number of rotatable bonds is 2. The molecule has 0 aromatic heterocycles. The standard InChI is InChI=1S/C12H16N2O2.H2O4S/c13-11-5-1-9(2-6-11)10-3-7-12(8-4-10)14(15)16;1-5(2,3)4/h3-4,7-9,11H,1-2,5-6,13H2;(H2,1,2,3,4). The first kappa shape index (κ1) is 17.5. The van der Waals surface area contributed by atoms with Crippen molar-refractivity contribution in [1.82, 2.24) is 0 Å². The van der Waals surface area contributed by atoms with Crippen LogP contribution in [0.2, 0.25) is 0 Å². The average Bonchev–Trinajstić information content (AvgIpc) is 2.38. The molecule has 0 heterocycles. The van der Waals surface area contributed by atoms with Crippen LogP contribution in [0.4, 0.5) is 5.69 Å². The van der Waals surface area contributed by atoms with Gasteiger partial charge in [-0.3, -0.25) is 19.2 Å². The molecule has 1 aromatic rings. The van der Waals surface area contributed by atoms with E-state index in [2.05, 4.69) is 0 Å². The van der Waals surface area contributed by atoms with E-state index in [0.29, 0.717) is 12.0 Å². The van der Waals surface area contributed by atoms with E-state index >= 15 is 0 Å². The molecular weight excluding hydrogens is 300 g/mol. The highest BCUT2D eigenvalue weighted by Crippen LogP contribution is 2.32. The zero-order valence-corrected chi connectivity index (χ0v) is 12.1. The molecule has 0 atom stereocenters. The van der Waals surface area contributed by atoms with E-state index < -0.39 is 10.4 Å². The smallest absolute Gasteiger partial charge is 0.328 e. The highest BCUT2D eigenvalue weighted by molar-refractivity contribution is 7.79. The Morgan fingerprint density at radius 3 is 1.90 bits per heavy atom. The lowest BCUT2D eigenvalue weighted by atomic mass is 9.82. The van der Waals surface area contributed by atoms with Crippen LogP contribution in [-0.4, -0.2) is 28.5 Å². The molecule has 0 aliphatic heterocycles. The van der Waals surface area contributed by atoms with Gasteiger partial charge < -0.3 is 5.73 Å². The number of non-ortho nitro benzene ring substituents is 1. The van der Waals surface area contributed by atoms with Crippen LogP contribution in [0.15, 0.2) is 24.3 Å². The summed E-state index contributed by atoms with van der Waals surface area (Å²) in [7, 11) is -4.67. The Kier molecular flexibility index (Phi) is 6.21. The third-order valence-corrected chi connectivity index (χ3v) is 3.35. The Labute approximate surface area is 122 Å². The Bertz CT molecular complexity index is 556. The molecule has 118 valence electrons. The Balaban J connectivity index is 0.000000383. The highest BCUT2D eigenvalue weighted by Gasteiger charge is 2.20. The number of nitro groups is 1. The molecule has 1 aromatic carbocycles. The summed E-state index contributed by atoms with van der Waals surface area (Å²) in [5, 5.41) is 10.5. The van der Waals surface area contributed by atoms with Crippen molar-refractivity contribution in [2.45, 2.75) is 37.6 Å². The SMILES string of the molecule is NC1CCC(c2ccc([N+](=O)[O-])cc2)CC1.O=S(=O)(O)O. The summed E-state index contributed by atoms with van der Waals surface area (Å²) in [6.45, 7) is 0. The molecule has 0 radical (unpaired) electrons. The summed E-state index contributed by atoms with van der Waals surface area (Å²) < 4.78 is 31.6. The van der Waals surface area contributed by atoms with Gasteiger partial charge in [-0.05, 0) is 37.2 Å². The third kappa shape index (κ3) is 7.14. The molecule has 1 fully saturated rings. The number of nitrogens with zero attached hydrogens (tertiary/aromatic N) is 1. The van der Waals surface area contributed by atoms with Crippen LogP contribution in [0.3, 0.4) is 0 Å². The fraction of sp³-hybridized carbons (Fsp3) is 0.500. The summed E-state index contributed by atoms with van der Waals surface area (Å²) in [5.41, 5.74) is 7.22.